The molecule has 1 aromatic rings. The number of hydrogen-bond donors (Lipinski definition) is 2. The zero-order valence-corrected chi connectivity index (χ0v) is 11.6. The van der Waals surface area contributed by atoms with Crippen LogP contribution in [0.5, 0.6) is 0 Å². The normalized spacial score (nSPS) is 11.4. The molecule has 0 saturated heterocycles. The minimum atomic E-state index is -0.149. The lowest BCUT2D eigenvalue weighted by atomic mass is 10.1. The Morgan fingerprint density at radius 2 is 1.94 bits per heavy atom. The Hall–Kier alpha value is -0.770. The van der Waals surface area contributed by atoms with Gasteiger partial charge in [0.05, 0.1) is 22.3 Å². The molecule has 2 N–H and O–H groups in total. The molecule has 94 valence electrons. The molecule has 3 nitrogen and oxygen atoms in total. The fraction of sp³-hybridized carbons (Fsp3) is 0.417. The van der Waals surface area contributed by atoms with E-state index in [9.17, 15) is 4.79 Å². The summed E-state index contributed by atoms with van der Waals surface area (Å²) >= 11 is 11.8. The van der Waals surface area contributed by atoms with Crippen molar-refractivity contribution in [2.24, 2.45) is 0 Å². The van der Waals surface area contributed by atoms with Crippen LogP contribution in [-0.2, 0) is 4.79 Å². The monoisotopic (exact) mass is 274 g/mol. The van der Waals surface area contributed by atoms with Crippen LogP contribution in [0, 0.1) is 0 Å². The van der Waals surface area contributed by atoms with Crippen molar-refractivity contribution in [3.05, 3.63) is 28.2 Å². The summed E-state index contributed by atoms with van der Waals surface area (Å²) in [5.74, 6) is -0.149. The highest BCUT2D eigenvalue weighted by molar-refractivity contribution is 6.43. The third kappa shape index (κ3) is 4.94. The van der Waals surface area contributed by atoms with Gasteiger partial charge in [-0.15, -0.1) is 0 Å². The first kappa shape index (κ1) is 14.3. The number of rotatable bonds is 3. The van der Waals surface area contributed by atoms with Crippen molar-refractivity contribution in [1.29, 1.82) is 0 Å². The van der Waals surface area contributed by atoms with Crippen molar-refractivity contribution in [1.82, 2.24) is 5.32 Å². The van der Waals surface area contributed by atoms with E-state index in [4.69, 9.17) is 23.2 Å². The number of halogens is 2. The summed E-state index contributed by atoms with van der Waals surface area (Å²) in [6, 6.07) is 5.12. The Bertz CT molecular complexity index is 413. The molecule has 5 heteroatoms. The molecule has 0 radical (unpaired) electrons. The maximum atomic E-state index is 11.6. The number of amides is 1. The third-order valence-electron chi connectivity index (χ3n) is 2.00. The number of benzene rings is 1. The predicted molar refractivity (Wildman–Crippen MR) is 72.8 cm³/mol. The zero-order valence-electron chi connectivity index (χ0n) is 10.1. The summed E-state index contributed by atoms with van der Waals surface area (Å²) in [4.78, 5) is 11.6. The predicted octanol–water partition coefficient (Wildman–Crippen LogP) is 3.32. The SMILES string of the molecule is CC(C)(C)NCC(=O)Nc1cccc(Cl)c1Cl. The number of carbonyl (C=O) groups is 1. The van der Waals surface area contributed by atoms with Crippen LogP contribution in [0.15, 0.2) is 18.2 Å². The van der Waals surface area contributed by atoms with Crippen molar-refractivity contribution in [3.8, 4) is 0 Å². The van der Waals surface area contributed by atoms with Crippen molar-refractivity contribution >= 4 is 34.8 Å². The van der Waals surface area contributed by atoms with Gasteiger partial charge < -0.3 is 10.6 Å². The molecule has 1 amide bonds. The fourth-order valence-electron chi connectivity index (χ4n) is 1.14. The van der Waals surface area contributed by atoms with Gasteiger partial charge in [-0.05, 0) is 32.9 Å². The molecule has 0 aliphatic rings. The molecule has 0 unspecified atom stereocenters. The smallest absolute Gasteiger partial charge is 0.238 e. The van der Waals surface area contributed by atoms with E-state index < -0.39 is 0 Å². The van der Waals surface area contributed by atoms with Crippen LogP contribution < -0.4 is 10.6 Å². The molecule has 0 heterocycles. The van der Waals surface area contributed by atoms with E-state index in [1.54, 1.807) is 18.2 Å². The maximum Gasteiger partial charge on any atom is 0.238 e. The van der Waals surface area contributed by atoms with Gasteiger partial charge in [0.2, 0.25) is 5.91 Å². The largest absolute Gasteiger partial charge is 0.324 e. The highest BCUT2D eigenvalue weighted by atomic mass is 35.5. The molecule has 0 spiro atoms. The van der Waals surface area contributed by atoms with Crippen LogP contribution in [0.2, 0.25) is 10.0 Å². The topological polar surface area (TPSA) is 41.1 Å². The van der Waals surface area contributed by atoms with E-state index in [0.29, 0.717) is 15.7 Å². The van der Waals surface area contributed by atoms with Gasteiger partial charge in [-0.3, -0.25) is 4.79 Å². The Balaban J connectivity index is 2.60. The molecule has 0 aromatic heterocycles. The van der Waals surface area contributed by atoms with Crippen LogP contribution in [0.25, 0.3) is 0 Å². The number of hydrogen-bond acceptors (Lipinski definition) is 2. The molecule has 0 saturated carbocycles. The highest BCUT2D eigenvalue weighted by Gasteiger charge is 2.12. The van der Waals surface area contributed by atoms with Gasteiger partial charge in [-0.25, -0.2) is 0 Å². The second-order valence-corrected chi connectivity index (χ2v) is 5.54. The average Bonchev–Trinajstić information content (AvgIpc) is 2.21. The number of nitrogens with one attached hydrogen (secondary N) is 2. The summed E-state index contributed by atoms with van der Waals surface area (Å²) in [5.41, 5.74) is 0.426. The van der Waals surface area contributed by atoms with Gasteiger partial charge in [-0.2, -0.15) is 0 Å². The summed E-state index contributed by atoms with van der Waals surface area (Å²) in [6.07, 6.45) is 0. The molecule has 1 aromatic carbocycles. The van der Waals surface area contributed by atoms with Crippen LogP contribution in [0.3, 0.4) is 0 Å². The molecular formula is C12H16Cl2N2O. The van der Waals surface area contributed by atoms with E-state index in [1.807, 2.05) is 20.8 Å². The molecule has 0 fully saturated rings. The second-order valence-electron chi connectivity index (χ2n) is 4.75. The molecular weight excluding hydrogens is 259 g/mol. The fourth-order valence-corrected chi connectivity index (χ4v) is 1.49. The third-order valence-corrected chi connectivity index (χ3v) is 2.82. The summed E-state index contributed by atoms with van der Waals surface area (Å²) in [6.45, 7) is 6.21. The lowest BCUT2D eigenvalue weighted by Gasteiger charge is -2.20. The van der Waals surface area contributed by atoms with Crippen LogP contribution >= 0.6 is 23.2 Å². The van der Waals surface area contributed by atoms with Crippen molar-refractivity contribution < 1.29 is 4.79 Å². The molecule has 0 bridgehead atoms. The standard InChI is InChI=1S/C12H16Cl2N2O/c1-12(2,3)15-7-10(17)16-9-6-4-5-8(13)11(9)14/h4-6,15H,7H2,1-3H3,(H,16,17). The molecule has 0 aliphatic heterocycles. The van der Waals surface area contributed by atoms with Gasteiger partial charge in [0.25, 0.3) is 0 Å². The summed E-state index contributed by atoms with van der Waals surface area (Å²) in [5, 5.41) is 6.58. The molecule has 0 atom stereocenters. The number of carbonyl (C=O) groups excluding carboxylic acids is 1. The van der Waals surface area contributed by atoms with Crippen LogP contribution in [-0.4, -0.2) is 18.0 Å². The zero-order chi connectivity index (χ0) is 13.1. The molecule has 0 aliphatic carbocycles. The first-order chi connectivity index (χ1) is 7.79. The molecule has 1 rings (SSSR count). The van der Waals surface area contributed by atoms with Gasteiger partial charge in [-0.1, -0.05) is 29.3 Å². The summed E-state index contributed by atoms with van der Waals surface area (Å²) in [7, 11) is 0. The quantitative estimate of drug-likeness (QED) is 0.888. The minimum absolute atomic E-state index is 0.102. The van der Waals surface area contributed by atoms with Crippen LogP contribution in [0.4, 0.5) is 5.69 Å². The summed E-state index contributed by atoms with van der Waals surface area (Å²) < 4.78 is 0. The van der Waals surface area contributed by atoms with E-state index in [0.717, 1.165) is 0 Å². The Kier molecular flexibility index (Phi) is 4.80. The van der Waals surface area contributed by atoms with Crippen molar-refractivity contribution in [2.75, 3.05) is 11.9 Å². The maximum absolute atomic E-state index is 11.6. The Labute approximate surface area is 111 Å². The first-order valence-corrected chi connectivity index (χ1v) is 6.04. The molecule has 17 heavy (non-hydrogen) atoms. The van der Waals surface area contributed by atoms with E-state index in [1.165, 1.54) is 0 Å². The van der Waals surface area contributed by atoms with E-state index in [-0.39, 0.29) is 18.0 Å². The van der Waals surface area contributed by atoms with Gasteiger partial charge in [0.1, 0.15) is 0 Å². The van der Waals surface area contributed by atoms with Gasteiger partial charge in [0, 0.05) is 5.54 Å². The number of anilines is 1. The van der Waals surface area contributed by atoms with Gasteiger partial charge >= 0.3 is 0 Å². The van der Waals surface area contributed by atoms with Crippen molar-refractivity contribution in [2.45, 2.75) is 26.3 Å². The lowest BCUT2D eigenvalue weighted by Crippen LogP contribution is -2.41. The van der Waals surface area contributed by atoms with E-state index in [2.05, 4.69) is 10.6 Å². The minimum Gasteiger partial charge on any atom is -0.324 e. The second kappa shape index (κ2) is 5.71. The van der Waals surface area contributed by atoms with Gasteiger partial charge in [0.15, 0.2) is 0 Å². The highest BCUT2D eigenvalue weighted by Crippen LogP contribution is 2.29. The Morgan fingerprint density at radius 1 is 1.29 bits per heavy atom. The Morgan fingerprint density at radius 3 is 2.53 bits per heavy atom. The lowest BCUT2D eigenvalue weighted by molar-refractivity contribution is -0.115. The van der Waals surface area contributed by atoms with Crippen LogP contribution in [0.1, 0.15) is 20.8 Å². The van der Waals surface area contributed by atoms with E-state index >= 15 is 0 Å². The van der Waals surface area contributed by atoms with Crippen molar-refractivity contribution in [3.63, 3.8) is 0 Å². The average molecular weight is 275 g/mol. The first-order valence-electron chi connectivity index (χ1n) is 5.28.